The van der Waals surface area contributed by atoms with Crippen molar-refractivity contribution in [1.29, 1.82) is 0 Å². The molecule has 2 aliphatic heterocycles. The minimum Gasteiger partial charge on any atom is -0.493 e. The largest absolute Gasteiger partial charge is 0.493 e. The Morgan fingerprint density at radius 2 is 2.15 bits per heavy atom. The first kappa shape index (κ1) is 23.9. The average molecular weight is 501 g/mol. The van der Waals surface area contributed by atoms with Crippen LogP contribution in [0.5, 0.6) is 11.5 Å². The quantitative estimate of drug-likeness (QED) is 0.138. The molecule has 11 heteroatoms. The van der Waals surface area contributed by atoms with E-state index in [1.54, 1.807) is 23.1 Å². The molecular formula is C23H20N2O7S2. The van der Waals surface area contributed by atoms with Crippen LogP contribution < -0.4 is 9.47 Å². The second-order valence-electron chi connectivity index (χ2n) is 7.53. The number of nitro benzene ring substituents is 1. The molecule has 0 N–H and O–H groups in total. The van der Waals surface area contributed by atoms with Crippen LogP contribution in [-0.2, 0) is 9.53 Å². The third kappa shape index (κ3) is 5.27. The molecule has 0 saturated carbocycles. The predicted octanol–water partition coefficient (Wildman–Crippen LogP) is 4.20. The Labute approximate surface area is 204 Å². The monoisotopic (exact) mass is 500 g/mol. The van der Waals surface area contributed by atoms with Crippen molar-refractivity contribution in [2.75, 3.05) is 20.3 Å². The number of rotatable bonds is 7. The predicted molar refractivity (Wildman–Crippen MR) is 130 cm³/mol. The topological polar surface area (TPSA) is 108 Å². The van der Waals surface area contributed by atoms with E-state index < -0.39 is 10.9 Å². The maximum absolute atomic E-state index is 12.9. The molecule has 2 aromatic rings. The number of esters is 1. The Morgan fingerprint density at radius 3 is 2.85 bits per heavy atom. The Kier molecular flexibility index (Phi) is 7.25. The van der Waals surface area contributed by atoms with Gasteiger partial charge in [-0.15, -0.1) is 0 Å². The van der Waals surface area contributed by atoms with Crippen molar-refractivity contribution < 1.29 is 28.7 Å². The highest BCUT2D eigenvalue weighted by molar-refractivity contribution is 8.26. The third-order valence-corrected chi connectivity index (χ3v) is 6.64. The number of amides is 1. The molecule has 2 aliphatic rings. The molecule has 4 rings (SSSR count). The summed E-state index contributed by atoms with van der Waals surface area (Å²) in [6, 6.07) is 10.1. The lowest BCUT2D eigenvalue weighted by Gasteiger charge is -2.18. The van der Waals surface area contributed by atoms with Gasteiger partial charge in [-0.25, -0.2) is 4.79 Å². The van der Waals surface area contributed by atoms with Crippen LogP contribution in [-0.4, -0.2) is 52.4 Å². The molecule has 0 aliphatic carbocycles. The van der Waals surface area contributed by atoms with Crippen LogP contribution in [0.2, 0.25) is 0 Å². The summed E-state index contributed by atoms with van der Waals surface area (Å²) in [6.07, 6.45) is 3.59. The van der Waals surface area contributed by atoms with Gasteiger partial charge in [-0.3, -0.25) is 19.8 Å². The normalized spacial score (nSPS) is 19.0. The van der Waals surface area contributed by atoms with Crippen LogP contribution in [0.4, 0.5) is 5.69 Å². The Bertz CT molecular complexity index is 1190. The van der Waals surface area contributed by atoms with Crippen LogP contribution in [0.25, 0.3) is 6.08 Å². The van der Waals surface area contributed by atoms with Crippen molar-refractivity contribution >= 4 is 51.9 Å². The fourth-order valence-corrected chi connectivity index (χ4v) is 4.84. The lowest BCUT2D eigenvalue weighted by Crippen LogP contribution is -2.35. The van der Waals surface area contributed by atoms with E-state index in [9.17, 15) is 19.7 Å². The van der Waals surface area contributed by atoms with Gasteiger partial charge in [0.15, 0.2) is 11.5 Å². The SMILES string of the molecule is COc1cc(/C=C2\SC(=S)N(CC3CCCO3)C2=O)ccc1OC(=O)c1cccc([N+](=O)[O-])c1. The number of thioether (sulfide) groups is 1. The van der Waals surface area contributed by atoms with E-state index in [0.29, 0.717) is 27.9 Å². The molecule has 0 aromatic heterocycles. The van der Waals surface area contributed by atoms with Crippen molar-refractivity contribution in [3.05, 3.63) is 68.6 Å². The second kappa shape index (κ2) is 10.3. The Morgan fingerprint density at radius 1 is 1.32 bits per heavy atom. The molecule has 9 nitrogen and oxygen atoms in total. The van der Waals surface area contributed by atoms with E-state index >= 15 is 0 Å². The molecule has 0 spiro atoms. The van der Waals surface area contributed by atoms with Crippen molar-refractivity contribution in [2.45, 2.75) is 18.9 Å². The van der Waals surface area contributed by atoms with Gasteiger partial charge in [0.2, 0.25) is 0 Å². The summed E-state index contributed by atoms with van der Waals surface area (Å²) in [4.78, 5) is 37.7. The fraction of sp³-hybridized carbons (Fsp3) is 0.261. The number of hydrogen-bond acceptors (Lipinski definition) is 9. The van der Waals surface area contributed by atoms with Crippen LogP contribution in [0.1, 0.15) is 28.8 Å². The first-order valence-corrected chi connectivity index (χ1v) is 11.6. The maximum atomic E-state index is 12.9. The molecule has 1 unspecified atom stereocenters. The van der Waals surface area contributed by atoms with E-state index in [1.165, 1.54) is 43.1 Å². The zero-order chi connectivity index (χ0) is 24.2. The molecule has 2 saturated heterocycles. The molecule has 1 amide bonds. The van der Waals surface area contributed by atoms with Crippen molar-refractivity contribution in [2.24, 2.45) is 0 Å². The number of nitrogens with zero attached hydrogens (tertiary/aromatic N) is 2. The summed E-state index contributed by atoms with van der Waals surface area (Å²) in [5.41, 5.74) is 0.480. The van der Waals surface area contributed by atoms with Gasteiger partial charge in [-0.1, -0.05) is 36.1 Å². The van der Waals surface area contributed by atoms with Crippen molar-refractivity contribution in [1.82, 2.24) is 4.90 Å². The van der Waals surface area contributed by atoms with Crippen LogP contribution in [0, 0.1) is 10.1 Å². The highest BCUT2D eigenvalue weighted by atomic mass is 32.2. The van der Waals surface area contributed by atoms with Gasteiger partial charge in [-0.05, 0) is 42.7 Å². The summed E-state index contributed by atoms with van der Waals surface area (Å²) < 4.78 is 16.8. The average Bonchev–Trinajstić information content (AvgIpc) is 3.44. The van der Waals surface area contributed by atoms with Gasteiger partial charge in [0.25, 0.3) is 11.6 Å². The summed E-state index contributed by atoms with van der Waals surface area (Å²) in [5.74, 6) is -0.528. The number of non-ortho nitro benzene ring substituents is 1. The number of carbonyl (C=O) groups is 2. The minimum atomic E-state index is -0.759. The summed E-state index contributed by atoms with van der Waals surface area (Å²) in [5, 5.41) is 10.9. The standard InChI is InChI=1S/C23H20N2O7S2/c1-30-19-10-14(11-20-21(26)24(23(33)34-20)13-17-6-3-9-31-17)7-8-18(19)32-22(27)15-4-2-5-16(12-15)25(28)29/h2,4-5,7-8,10-12,17H,3,6,9,13H2,1H3/b20-11-. The van der Waals surface area contributed by atoms with E-state index in [-0.39, 0.29) is 34.8 Å². The van der Waals surface area contributed by atoms with Crippen molar-refractivity contribution in [3.63, 3.8) is 0 Å². The van der Waals surface area contributed by atoms with Crippen molar-refractivity contribution in [3.8, 4) is 11.5 Å². The number of nitro groups is 1. The molecular weight excluding hydrogens is 480 g/mol. The van der Waals surface area contributed by atoms with Crippen LogP contribution in [0.15, 0.2) is 47.4 Å². The summed E-state index contributed by atoms with van der Waals surface area (Å²) >= 11 is 6.60. The van der Waals surface area contributed by atoms with E-state index in [0.717, 1.165) is 18.9 Å². The second-order valence-corrected chi connectivity index (χ2v) is 9.21. The van der Waals surface area contributed by atoms with Crippen LogP contribution in [0.3, 0.4) is 0 Å². The highest BCUT2D eigenvalue weighted by Gasteiger charge is 2.34. The number of thiocarbonyl (C=S) groups is 1. The third-order valence-electron chi connectivity index (χ3n) is 5.26. The number of hydrogen-bond donors (Lipinski definition) is 0. The van der Waals surface area contributed by atoms with Gasteiger partial charge in [0.1, 0.15) is 4.32 Å². The fourth-order valence-electron chi connectivity index (χ4n) is 3.56. The first-order valence-electron chi connectivity index (χ1n) is 10.4. The van der Waals surface area contributed by atoms with Gasteiger partial charge < -0.3 is 14.2 Å². The van der Waals surface area contributed by atoms with Gasteiger partial charge in [0, 0.05) is 18.7 Å². The molecule has 2 heterocycles. The number of methoxy groups -OCH3 is 1. The summed E-state index contributed by atoms with van der Waals surface area (Å²) in [7, 11) is 1.42. The zero-order valence-corrected chi connectivity index (χ0v) is 19.7. The molecule has 176 valence electrons. The lowest BCUT2D eigenvalue weighted by atomic mass is 10.1. The maximum Gasteiger partial charge on any atom is 0.343 e. The van der Waals surface area contributed by atoms with Gasteiger partial charge >= 0.3 is 5.97 Å². The highest BCUT2D eigenvalue weighted by Crippen LogP contribution is 2.35. The zero-order valence-electron chi connectivity index (χ0n) is 18.1. The number of carbonyl (C=O) groups excluding carboxylic acids is 2. The Hall–Kier alpha value is -3.28. The molecule has 0 radical (unpaired) electrons. The first-order chi connectivity index (χ1) is 16.4. The minimum absolute atomic E-state index is 0.00182. The van der Waals surface area contributed by atoms with E-state index in [1.807, 2.05) is 0 Å². The summed E-state index contributed by atoms with van der Waals surface area (Å²) in [6.45, 7) is 1.14. The van der Waals surface area contributed by atoms with E-state index in [4.69, 9.17) is 26.4 Å². The Balaban J connectivity index is 1.50. The molecule has 34 heavy (non-hydrogen) atoms. The van der Waals surface area contributed by atoms with Gasteiger partial charge in [0.05, 0.1) is 35.2 Å². The van der Waals surface area contributed by atoms with E-state index in [2.05, 4.69) is 0 Å². The molecule has 2 aromatic carbocycles. The smallest absolute Gasteiger partial charge is 0.343 e. The van der Waals surface area contributed by atoms with Gasteiger partial charge in [-0.2, -0.15) is 0 Å². The lowest BCUT2D eigenvalue weighted by molar-refractivity contribution is -0.384. The molecule has 2 fully saturated rings. The number of benzene rings is 2. The molecule has 1 atom stereocenters. The van der Waals surface area contributed by atoms with Crippen LogP contribution >= 0.6 is 24.0 Å². The molecule has 0 bridgehead atoms. The number of ether oxygens (including phenoxy) is 3.